The molecule has 8 heteroatoms. The number of nitrogens with one attached hydrogen (secondary N) is 1. The van der Waals surface area contributed by atoms with Crippen LogP contribution in [0.25, 0.3) is 0 Å². The lowest BCUT2D eigenvalue weighted by Crippen LogP contribution is -2.37. The van der Waals surface area contributed by atoms with Gasteiger partial charge in [-0.2, -0.15) is 0 Å². The Morgan fingerprint density at radius 2 is 2.15 bits per heavy atom. The minimum Gasteiger partial charge on any atom is -0.391 e. The summed E-state index contributed by atoms with van der Waals surface area (Å²) in [6.45, 7) is 0.392. The highest BCUT2D eigenvalue weighted by molar-refractivity contribution is 7.89. The summed E-state index contributed by atoms with van der Waals surface area (Å²) in [4.78, 5) is 1.31. The monoisotopic (exact) mass is 306 g/mol. The molecule has 5 nitrogen and oxygen atoms in total. The molecule has 0 spiro atoms. The average Bonchev–Trinajstić information content (AvgIpc) is 2.74. The number of likely N-dealkylation sites (N-methyl/N-ethyl adjacent to an activating group) is 1. The third-order valence-electron chi connectivity index (χ3n) is 3.31. The summed E-state index contributed by atoms with van der Waals surface area (Å²) < 4.78 is 53.8. The summed E-state index contributed by atoms with van der Waals surface area (Å²) in [6.07, 6.45) is 0.630. The molecule has 1 aromatic rings. The van der Waals surface area contributed by atoms with Gasteiger partial charge >= 0.3 is 0 Å². The zero-order valence-electron chi connectivity index (χ0n) is 10.9. The summed E-state index contributed by atoms with van der Waals surface area (Å²) in [5, 5.41) is 8.91. The van der Waals surface area contributed by atoms with E-state index in [1.54, 1.807) is 0 Å². The Morgan fingerprint density at radius 1 is 1.45 bits per heavy atom. The zero-order valence-corrected chi connectivity index (χ0v) is 11.8. The number of aliphatic hydroxyl groups is 1. The van der Waals surface area contributed by atoms with E-state index in [1.165, 1.54) is 0 Å². The number of likely N-dealkylation sites (tertiary alicyclic amines) is 1. The van der Waals surface area contributed by atoms with Crippen molar-refractivity contribution in [3.05, 3.63) is 29.3 Å². The molecule has 1 aliphatic heterocycles. The average molecular weight is 306 g/mol. The first kappa shape index (κ1) is 15.3. The number of halogens is 2. The third-order valence-corrected chi connectivity index (χ3v) is 4.85. The van der Waals surface area contributed by atoms with Crippen molar-refractivity contribution in [3.63, 3.8) is 0 Å². The molecule has 0 radical (unpaired) electrons. The molecule has 1 heterocycles. The highest BCUT2D eigenvalue weighted by Crippen LogP contribution is 2.22. The standard InChI is InChI=1S/C12H16F2N2O3S/c1-16-5-4-8(6-16)15-20(18,19)11-3-2-10(13)9(7-17)12(11)14/h2-3,8,15,17H,4-7H2,1H3. The SMILES string of the molecule is CN1CCC(NS(=O)(=O)c2ccc(F)c(CO)c2F)C1. The fraction of sp³-hybridized carbons (Fsp3) is 0.500. The van der Waals surface area contributed by atoms with E-state index in [2.05, 4.69) is 4.72 Å². The predicted octanol–water partition coefficient (Wildman–Crippen LogP) is 0.440. The first-order chi connectivity index (χ1) is 9.35. The number of sulfonamides is 1. The predicted molar refractivity (Wildman–Crippen MR) is 68.5 cm³/mol. The zero-order chi connectivity index (χ0) is 14.9. The fourth-order valence-corrected chi connectivity index (χ4v) is 3.61. The molecule has 1 aromatic carbocycles. The van der Waals surface area contributed by atoms with Crippen molar-refractivity contribution < 1.29 is 22.3 Å². The Morgan fingerprint density at radius 3 is 2.70 bits per heavy atom. The molecule has 0 bridgehead atoms. The van der Waals surface area contributed by atoms with Crippen LogP contribution in [0.1, 0.15) is 12.0 Å². The highest BCUT2D eigenvalue weighted by Gasteiger charge is 2.28. The second kappa shape index (κ2) is 5.72. The molecule has 0 saturated carbocycles. The Hall–Kier alpha value is -1.09. The van der Waals surface area contributed by atoms with Crippen molar-refractivity contribution in [2.45, 2.75) is 24.0 Å². The van der Waals surface area contributed by atoms with E-state index in [0.29, 0.717) is 13.0 Å². The van der Waals surface area contributed by atoms with Crippen LogP contribution in [0.2, 0.25) is 0 Å². The van der Waals surface area contributed by atoms with E-state index in [9.17, 15) is 17.2 Å². The molecule has 2 rings (SSSR count). The highest BCUT2D eigenvalue weighted by atomic mass is 32.2. The molecule has 0 aromatic heterocycles. The van der Waals surface area contributed by atoms with Crippen LogP contribution in [0.5, 0.6) is 0 Å². The molecule has 1 fully saturated rings. The van der Waals surface area contributed by atoms with Gasteiger partial charge in [-0.1, -0.05) is 0 Å². The molecule has 1 atom stereocenters. The third kappa shape index (κ3) is 2.98. The summed E-state index contributed by atoms with van der Waals surface area (Å²) in [6, 6.07) is 1.40. The molecular formula is C12H16F2N2O3S. The lowest BCUT2D eigenvalue weighted by Gasteiger charge is -2.14. The van der Waals surface area contributed by atoms with Gasteiger partial charge < -0.3 is 10.0 Å². The van der Waals surface area contributed by atoms with Crippen LogP contribution in [-0.2, 0) is 16.6 Å². The molecule has 0 amide bonds. The smallest absolute Gasteiger partial charge is 0.243 e. The topological polar surface area (TPSA) is 69.6 Å². The van der Waals surface area contributed by atoms with Crippen molar-refractivity contribution in [1.29, 1.82) is 0 Å². The lowest BCUT2D eigenvalue weighted by molar-refractivity contribution is 0.267. The van der Waals surface area contributed by atoms with Gasteiger partial charge in [-0.15, -0.1) is 0 Å². The van der Waals surface area contributed by atoms with Gasteiger partial charge in [0.2, 0.25) is 10.0 Å². The van der Waals surface area contributed by atoms with Crippen molar-refractivity contribution in [2.75, 3.05) is 20.1 Å². The van der Waals surface area contributed by atoms with Crippen molar-refractivity contribution in [3.8, 4) is 0 Å². The van der Waals surface area contributed by atoms with E-state index in [4.69, 9.17) is 5.11 Å². The van der Waals surface area contributed by atoms with E-state index in [0.717, 1.165) is 18.7 Å². The molecule has 0 aliphatic carbocycles. The number of rotatable bonds is 4. The second-order valence-corrected chi connectivity index (χ2v) is 6.55. The van der Waals surface area contributed by atoms with E-state index >= 15 is 0 Å². The van der Waals surface area contributed by atoms with Crippen LogP contribution >= 0.6 is 0 Å². The van der Waals surface area contributed by atoms with Crippen LogP contribution in [0, 0.1) is 11.6 Å². The summed E-state index contributed by atoms with van der Waals surface area (Å²) in [7, 11) is -2.22. The number of nitrogens with zero attached hydrogens (tertiary/aromatic N) is 1. The van der Waals surface area contributed by atoms with Gasteiger partial charge in [-0.05, 0) is 32.1 Å². The lowest BCUT2D eigenvalue weighted by atomic mass is 10.2. The van der Waals surface area contributed by atoms with E-state index in [-0.39, 0.29) is 6.04 Å². The first-order valence-electron chi connectivity index (χ1n) is 6.13. The Balaban J connectivity index is 2.30. The summed E-state index contributed by atoms with van der Waals surface area (Å²) in [5.41, 5.74) is -0.642. The molecule has 1 aliphatic rings. The Labute approximate surface area is 116 Å². The van der Waals surface area contributed by atoms with Gasteiger partial charge in [-0.3, -0.25) is 0 Å². The van der Waals surface area contributed by atoms with Crippen molar-refractivity contribution in [1.82, 2.24) is 9.62 Å². The van der Waals surface area contributed by atoms with Gasteiger partial charge in [0.05, 0.1) is 12.2 Å². The fourth-order valence-electron chi connectivity index (χ4n) is 2.24. The summed E-state index contributed by atoms with van der Waals surface area (Å²) >= 11 is 0. The van der Waals surface area contributed by atoms with Crippen LogP contribution in [0.3, 0.4) is 0 Å². The Kier molecular flexibility index (Phi) is 4.38. The molecule has 1 unspecified atom stereocenters. The van der Waals surface area contributed by atoms with Gasteiger partial charge in [0, 0.05) is 12.6 Å². The minimum absolute atomic E-state index is 0.299. The molecule has 112 valence electrons. The normalized spacial score (nSPS) is 20.5. The van der Waals surface area contributed by atoms with Gasteiger partial charge in [0.1, 0.15) is 10.7 Å². The van der Waals surface area contributed by atoms with Crippen LogP contribution < -0.4 is 4.72 Å². The van der Waals surface area contributed by atoms with Crippen molar-refractivity contribution >= 4 is 10.0 Å². The van der Waals surface area contributed by atoms with E-state index in [1.807, 2.05) is 11.9 Å². The Bertz CT molecular complexity index is 607. The maximum atomic E-state index is 14.0. The van der Waals surface area contributed by atoms with Crippen LogP contribution in [0.15, 0.2) is 17.0 Å². The summed E-state index contributed by atoms with van der Waals surface area (Å²) in [5.74, 6) is -2.21. The van der Waals surface area contributed by atoms with Crippen LogP contribution in [0.4, 0.5) is 8.78 Å². The van der Waals surface area contributed by atoms with Gasteiger partial charge in [0.25, 0.3) is 0 Å². The van der Waals surface area contributed by atoms with E-state index < -0.39 is 38.7 Å². The van der Waals surface area contributed by atoms with Gasteiger partial charge in [-0.25, -0.2) is 21.9 Å². The number of hydrogen-bond acceptors (Lipinski definition) is 4. The van der Waals surface area contributed by atoms with Gasteiger partial charge in [0.15, 0.2) is 5.82 Å². The molecular weight excluding hydrogens is 290 g/mol. The molecule has 2 N–H and O–H groups in total. The maximum Gasteiger partial charge on any atom is 0.243 e. The molecule has 1 saturated heterocycles. The number of aliphatic hydroxyl groups excluding tert-OH is 1. The second-order valence-electron chi connectivity index (χ2n) is 4.87. The number of hydrogen-bond donors (Lipinski definition) is 2. The first-order valence-corrected chi connectivity index (χ1v) is 7.62. The molecule has 20 heavy (non-hydrogen) atoms. The quantitative estimate of drug-likeness (QED) is 0.847. The maximum absolute atomic E-state index is 14.0. The number of benzene rings is 1. The largest absolute Gasteiger partial charge is 0.391 e. The van der Waals surface area contributed by atoms with Crippen molar-refractivity contribution in [2.24, 2.45) is 0 Å². The minimum atomic E-state index is -4.08. The van der Waals surface area contributed by atoms with Crippen LogP contribution in [-0.4, -0.2) is 44.6 Å².